The number of ether oxygens (including phenoxy) is 6. The monoisotopic (exact) mass is 620 g/mol. The van der Waals surface area contributed by atoms with Crippen LogP contribution in [0.5, 0.6) is 0 Å². The molecule has 4 aliphatic heterocycles. The lowest BCUT2D eigenvalue weighted by Gasteiger charge is -2.21. The number of thioether (sulfide) groups is 8. The van der Waals surface area contributed by atoms with Crippen LogP contribution in [-0.4, -0.2) is 89.5 Å². The van der Waals surface area contributed by atoms with E-state index in [1.807, 2.05) is 94.1 Å². The van der Waals surface area contributed by atoms with E-state index in [0.717, 1.165) is 11.5 Å². The van der Waals surface area contributed by atoms with Crippen LogP contribution in [0, 0.1) is 0 Å². The van der Waals surface area contributed by atoms with Crippen molar-refractivity contribution in [2.24, 2.45) is 0 Å². The molecular weight excluding hydrogens is 593 g/mol. The maximum atomic E-state index is 5.71. The molecule has 0 saturated carbocycles. The van der Waals surface area contributed by atoms with Crippen molar-refractivity contribution in [3.63, 3.8) is 0 Å². The van der Waals surface area contributed by atoms with Gasteiger partial charge < -0.3 is 28.4 Å². The molecule has 0 aromatic heterocycles. The summed E-state index contributed by atoms with van der Waals surface area (Å²) >= 11 is 15.6. The summed E-state index contributed by atoms with van der Waals surface area (Å²) in [5.41, 5.74) is 0. The van der Waals surface area contributed by atoms with E-state index in [1.165, 1.54) is 25.4 Å². The molecule has 0 radical (unpaired) electrons. The molecule has 192 valence electrons. The lowest BCUT2D eigenvalue weighted by Crippen LogP contribution is -2.18. The van der Waals surface area contributed by atoms with Crippen LogP contribution in [0.3, 0.4) is 0 Å². The lowest BCUT2D eigenvalue weighted by molar-refractivity contribution is -0.0643. The Bertz CT molecular complexity index is 714. The Labute approximate surface area is 235 Å². The van der Waals surface area contributed by atoms with E-state index in [4.69, 9.17) is 28.4 Å². The largest absolute Gasteiger partial charge is 0.382 e. The van der Waals surface area contributed by atoms with Crippen molar-refractivity contribution in [2.45, 2.75) is 10.5 Å². The molecule has 6 nitrogen and oxygen atoms in total. The molecule has 0 fully saturated rings. The van der Waals surface area contributed by atoms with Crippen LogP contribution in [0.4, 0.5) is 0 Å². The maximum Gasteiger partial charge on any atom is 0.146 e. The first-order valence-corrected chi connectivity index (χ1v) is 17.6. The Morgan fingerprint density at radius 3 is 1.44 bits per heavy atom. The van der Waals surface area contributed by atoms with E-state index in [-0.39, 0.29) is 0 Å². The van der Waals surface area contributed by atoms with Crippen LogP contribution in [-0.2, 0) is 28.4 Å². The van der Waals surface area contributed by atoms with E-state index in [1.54, 1.807) is 14.2 Å². The van der Waals surface area contributed by atoms with Crippen LogP contribution in [0.25, 0.3) is 0 Å². The maximum absolute atomic E-state index is 5.71. The molecule has 0 unspecified atom stereocenters. The van der Waals surface area contributed by atoms with Gasteiger partial charge in [0.1, 0.15) is 13.6 Å². The van der Waals surface area contributed by atoms with Gasteiger partial charge in [0.25, 0.3) is 0 Å². The molecule has 0 aromatic carbocycles. The Hall–Kier alpha value is 1.78. The van der Waals surface area contributed by atoms with Crippen LogP contribution < -0.4 is 0 Å². The highest BCUT2D eigenvalue weighted by molar-refractivity contribution is 8.45. The molecule has 0 aromatic rings. The van der Waals surface area contributed by atoms with Gasteiger partial charge in [-0.05, 0) is 0 Å². The smallest absolute Gasteiger partial charge is 0.146 e. The standard InChI is InChI=1S/C20H28O6S8/c1-21-3-5-23-11-25-7-13-9-27-15-17(29-13)33-19(31-15)20-32-16-18(34-20)30-14(10-28-16)8-26-12-24-6-4-22-2/h13-14H,3-12H2,1-2H3/b20-19+/t13-,14-/m1/s1. The van der Waals surface area contributed by atoms with E-state index >= 15 is 0 Å². The average Bonchev–Trinajstić information content (AvgIpc) is 3.47. The molecule has 2 atom stereocenters. The Morgan fingerprint density at radius 2 is 1.00 bits per heavy atom. The van der Waals surface area contributed by atoms with Gasteiger partial charge in [0, 0.05) is 36.2 Å². The summed E-state index contributed by atoms with van der Waals surface area (Å²) in [6, 6.07) is 0. The second kappa shape index (κ2) is 16.0. The fraction of sp³-hybridized carbons (Fsp3) is 0.700. The molecule has 34 heavy (non-hydrogen) atoms. The number of hydrogen-bond donors (Lipinski definition) is 0. The van der Waals surface area contributed by atoms with Crippen LogP contribution in [0.2, 0.25) is 0 Å². The van der Waals surface area contributed by atoms with Gasteiger partial charge >= 0.3 is 0 Å². The molecule has 0 amide bonds. The highest BCUT2D eigenvalue weighted by atomic mass is 32.3. The normalized spacial score (nSPS) is 27.0. The third kappa shape index (κ3) is 8.92. The van der Waals surface area contributed by atoms with Gasteiger partial charge in [-0.1, -0.05) is 47.0 Å². The number of methoxy groups -OCH3 is 2. The van der Waals surface area contributed by atoms with E-state index < -0.39 is 0 Å². The molecule has 0 saturated heterocycles. The van der Waals surface area contributed by atoms with Crippen LogP contribution >= 0.6 is 94.1 Å². The highest BCUT2D eigenvalue weighted by Crippen LogP contribution is 2.68. The zero-order chi connectivity index (χ0) is 23.6. The van der Waals surface area contributed by atoms with Crippen LogP contribution in [0.15, 0.2) is 25.4 Å². The predicted octanol–water partition coefficient (Wildman–Crippen LogP) is 6.30. The summed E-state index contributed by atoms with van der Waals surface area (Å²) in [4.78, 5) is 0. The molecule has 0 N–H and O–H groups in total. The minimum atomic E-state index is 0.334. The fourth-order valence-corrected chi connectivity index (χ4v) is 15.6. The number of rotatable bonds is 14. The zero-order valence-corrected chi connectivity index (χ0v) is 25.5. The van der Waals surface area contributed by atoms with Gasteiger partial charge in [-0.3, -0.25) is 0 Å². The molecule has 0 bridgehead atoms. The Balaban J connectivity index is 1.17. The first-order valence-electron chi connectivity index (χ1n) is 10.6. The minimum absolute atomic E-state index is 0.334. The predicted molar refractivity (Wildman–Crippen MR) is 156 cm³/mol. The van der Waals surface area contributed by atoms with Gasteiger partial charge in [0.2, 0.25) is 0 Å². The van der Waals surface area contributed by atoms with Crippen molar-refractivity contribution in [2.75, 3.05) is 79.0 Å². The molecular formula is C20H28O6S8. The van der Waals surface area contributed by atoms with Gasteiger partial charge in [0.15, 0.2) is 0 Å². The van der Waals surface area contributed by atoms with Gasteiger partial charge in [0.05, 0.1) is 65.1 Å². The summed E-state index contributed by atoms with van der Waals surface area (Å²) in [7, 11) is 3.35. The summed E-state index contributed by atoms with van der Waals surface area (Å²) < 4.78 is 40.8. The molecule has 14 heteroatoms. The Morgan fingerprint density at radius 1 is 0.559 bits per heavy atom. The van der Waals surface area contributed by atoms with Crippen molar-refractivity contribution in [1.82, 2.24) is 0 Å². The number of hydrogen-bond acceptors (Lipinski definition) is 14. The van der Waals surface area contributed by atoms with Crippen molar-refractivity contribution in [3.8, 4) is 0 Å². The average molecular weight is 621 g/mol. The fourth-order valence-electron chi connectivity index (χ4n) is 2.78. The second-order valence-corrected chi connectivity index (χ2v) is 17.3. The van der Waals surface area contributed by atoms with E-state index in [9.17, 15) is 0 Å². The summed E-state index contributed by atoms with van der Waals surface area (Å²) in [6.45, 7) is 4.44. The van der Waals surface area contributed by atoms with Crippen molar-refractivity contribution in [1.29, 1.82) is 0 Å². The summed E-state index contributed by atoms with van der Waals surface area (Å²) in [5.74, 6) is 2.16. The summed E-state index contributed by atoms with van der Waals surface area (Å²) in [6.07, 6.45) is 0. The second-order valence-electron chi connectivity index (χ2n) is 7.01. The quantitative estimate of drug-likeness (QED) is 0.161. The summed E-state index contributed by atoms with van der Waals surface area (Å²) in [5, 5.41) is 0.931. The molecule has 4 heterocycles. The third-order valence-corrected chi connectivity index (χ3v) is 16.9. The van der Waals surface area contributed by atoms with Crippen molar-refractivity contribution in [3.05, 3.63) is 25.4 Å². The first kappa shape index (κ1) is 28.8. The first-order chi connectivity index (χ1) is 16.8. The molecule has 4 aliphatic rings. The van der Waals surface area contributed by atoms with E-state index in [2.05, 4.69) is 0 Å². The topological polar surface area (TPSA) is 55.4 Å². The molecule has 4 rings (SSSR count). The van der Waals surface area contributed by atoms with Gasteiger partial charge in [-0.25, -0.2) is 0 Å². The molecule has 0 aliphatic carbocycles. The Kier molecular flexibility index (Phi) is 13.6. The van der Waals surface area contributed by atoms with Crippen molar-refractivity contribution < 1.29 is 28.4 Å². The van der Waals surface area contributed by atoms with E-state index in [0.29, 0.717) is 63.7 Å². The molecule has 0 spiro atoms. The minimum Gasteiger partial charge on any atom is -0.382 e. The third-order valence-electron chi connectivity index (χ3n) is 4.39. The van der Waals surface area contributed by atoms with Gasteiger partial charge in [-0.2, -0.15) is 0 Å². The highest BCUT2D eigenvalue weighted by Gasteiger charge is 2.36. The SMILES string of the molecule is COCCOCOC[C@@H]1CSC2=C(S/C(=C3\SC4=C(S3)S[C@H](COCOCCOC)CS4)S2)S1. The lowest BCUT2D eigenvalue weighted by atomic mass is 10.5. The van der Waals surface area contributed by atoms with Gasteiger partial charge in [-0.15, -0.1) is 47.0 Å². The zero-order valence-electron chi connectivity index (χ0n) is 18.9. The van der Waals surface area contributed by atoms with Crippen LogP contribution in [0.1, 0.15) is 0 Å². The van der Waals surface area contributed by atoms with Crippen molar-refractivity contribution >= 4 is 94.1 Å².